The lowest BCUT2D eigenvalue weighted by atomic mass is 10.3. The van der Waals surface area contributed by atoms with Crippen LogP contribution in [0.1, 0.15) is 6.42 Å². The van der Waals surface area contributed by atoms with Gasteiger partial charge in [-0.25, -0.2) is 12.7 Å². The van der Waals surface area contributed by atoms with Crippen LogP contribution in [0.15, 0.2) is 0 Å². The number of nitrogens with two attached hydrogens (primary N) is 1. The molecule has 1 heterocycles. The molecule has 0 radical (unpaired) electrons. The standard InChI is InChI=1S/C9H18F3N3O2S/c1-14(2)18(16,17)6-8(9(10,11)12)15-4-3-7(13)5-15/h7-8H,3-6,13H2,1-2H3/t7-,8?/m1/s1. The first kappa shape index (κ1) is 15.7. The Morgan fingerprint density at radius 3 is 2.33 bits per heavy atom. The van der Waals surface area contributed by atoms with Crippen LogP contribution in [0.5, 0.6) is 0 Å². The van der Waals surface area contributed by atoms with E-state index in [0.29, 0.717) is 6.42 Å². The van der Waals surface area contributed by atoms with E-state index in [9.17, 15) is 21.6 Å². The molecule has 2 N–H and O–H groups in total. The Morgan fingerprint density at radius 1 is 1.44 bits per heavy atom. The maximum atomic E-state index is 12.9. The molecule has 0 amide bonds. The molecule has 0 saturated carbocycles. The molecule has 0 aliphatic carbocycles. The van der Waals surface area contributed by atoms with Gasteiger partial charge in [0.25, 0.3) is 0 Å². The second-order valence-electron chi connectivity index (χ2n) is 4.66. The summed E-state index contributed by atoms with van der Waals surface area (Å²) in [6.07, 6.45) is -4.12. The van der Waals surface area contributed by atoms with Crippen LogP contribution in [0.2, 0.25) is 0 Å². The van der Waals surface area contributed by atoms with Gasteiger partial charge in [0.1, 0.15) is 6.04 Å². The van der Waals surface area contributed by atoms with E-state index in [1.807, 2.05) is 0 Å². The van der Waals surface area contributed by atoms with E-state index in [0.717, 1.165) is 9.21 Å². The minimum atomic E-state index is -4.58. The third-order valence-electron chi connectivity index (χ3n) is 3.00. The summed E-state index contributed by atoms with van der Waals surface area (Å²) in [6.45, 7) is 0.251. The summed E-state index contributed by atoms with van der Waals surface area (Å²) in [7, 11) is -1.46. The van der Waals surface area contributed by atoms with Gasteiger partial charge in [-0.1, -0.05) is 0 Å². The molecule has 1 fully saturated rings. The smallest absolute Gasteiger partial charge is 0.326 e. The van der Waals surface area contributed by atoms with Gasteiger partial charge in [0.15, 0.2) is 0 Å². The van der Waals surface area contributed by atoms with Gasteiger partial charge in [-0.2, -0.15) is 13.2 Å². The Balaban J connectivity index is 2.88. The predicted octanol–water partition coefficient (Wildman–Crippen LogP) is -0.158. The van der Waals surface area contributed by atoms with Crippen molar-refractivity contribution in [1.82, 2.24) is 9.21 Å². The minimum Gasteiger partial charge on any atom is -0.326 e. The number of alkyl halides is 3. The lowest BCUT2D eigenvalue weighted by molar-refractivity contribution is -0.175. The van der Waals surface area contributed by atoms with Crippen molar-refractivity contribution < 1.29 is 21.6 Å². The Hall–Kier alpha value is -0.380. The predicted molar refractivity (Wildman–Crippen MR) is 61.5 cm³/mol. The zero-order valence-electron chi connectivity index (χ0n) is 10.3. The van der Waals surface area contributed by atoms with Crippen LogP contribution < -0.4 is 5.73 Å². The molecule has 108 valence electrons. The number of nitrogens with zero attached hydrogens (tertiary/aromatic N) is 2. The Labute approximate surface area is 105 Å². The molecule has 0 aromatic heterocycles. The lowest BCUT2D eigenvalue weighted by Crippen LogP contribution is -2.51. The highest BCUT2D eigenvalue weighted by atomic mass is 32.2. The maximum Gasteiger partial charge on any atom is 0.405 e. The fraction of sp³-hybridized carbons (Fsp3) is 1.00. The van der Waals surface area contributed by atoms with Crippen LogP contribution in [-0.2, 0) is 10.0 Å². The van der Waals surface area contributed by atoms with E-state index in [1.54, 1.807) is 0 Å². The van der Waals surface area contributed by atoms with E-state index in [2.05, 4.69) is 0 Å². The number of hydrogen-bond acceptors (Lipinski definition) is 4. The molecule has 2 atom stereocenters. The van der Waals surface area contributed by atoms with Gasteiger partial charge in [-0.3, -0.25) is 4.90 Å². The fourth-order valence-corrected chi connectivity index (χ4v) is 2.95. The van der Waals surface area contributed by atoms with Crippen molar-refractivity contribution in [3.63, 3.8) is 0 Å². The lowest BCUT2D eigenvalue weighted by Gasteiger charge is -2.30. The molecule has 1 unspecified atom stereocenters. The second kappa shape index (κ2) is 5.32. The van der Waals surface area contributed by atoms with Crippen molar-refractivity contribution in [3.8, 4) is 0 Å². The Kier molecular flexibility index (Phi) is 4.63. The first-order chi connectivity index (χ1) is 8.04. The van der Waals surface area contributed by atoms with Crippen LogP contribution in [0, 0.1) is 0 Å². The summed E-state index contributed by atoms with van der Waals surface area (Å²) in [6, 6.07) is -2.31. The highest BCUT2D eigenvalue weighted by Crippen LogP contribution is 2.28. The number of sulfonamides is 1. The van der Waals surface area contributed by atoms with Crippen molar-refractivity contribution in [2.45, 2.75) is 24.7 Å². The molecule has 0 aromatic rings. The number of rotatable bonds is 4. The van der Waals surface area contributed by atoms with Crippen molar-refractivity contribution >= 4 is 10.0 Å². The van der Waals surface area contributed by atoms with Crippen LogP contribution in [-0.4, -0.2) is 68.8 Å². The minimum absolute atomic E-state index is 0.0765. The van der Waals surface area contributed by atoms with Gasteiger partial charge >= 0.3 is 6.18 Å². The van der Waals surface area contributed by atoms with E-state index in [1.165, 1.54) is 14.1 Å². The molecular weight excluding hydrogens is 271 g/mol. The molecule has 0 bridgehead atoms. The first-order valence-electron chi connectivity index (χ1n) is 5.50. The van der Waals surface area contributed by atoms with E-state index in [4.69, 9.17) is 5.73 Å². The molecule has 0 aromatic carbocycles. The molecule has 5 nitrogen and oxygen atoms in total. The summed E-state index contributed by atoms with van der Waals surface area (Å²) in [5, 5.41) is 0. The van der Waals surface area contributed by atoms with Gasteiger partial charge in [0, 0.05) is 33.2 Å². The fourth-order valence-electron chi connectivity index (χ4n) is 1.85. The number of halogens is 3. The zero-order valence-corrected chi connectivity index (χ0v) is 11.1. The third-order valence-corrected chi connectivity index (χ3v) is 4.85. The Morgan fingerprint density at radius 2 is 2.00 bits per heavy atom. The quantitative estimate of drug-likeness (QED) is 0.781. The highest BCUT2D eigenvalue weighted by molar-refractivity contribution is 7.89. The van der Waals surface area contributed by atoms with Crippen molar-refractivity contribution in [2.24, 2.45) is 5.73 Å². The zero-order chi connectivity index (χ0) is 14.1. The number of likely N-dealkylation sites (tertiary alicyclic amines) is 1. The van der Waals surface area contributed by atoms with Gasteiger partial charge in [0.2, 0.25) is 10.0 Å². The Bertz CT molecular complexity index is 383. The van der Waals surface area contributed by atoms with E-state index in [-0.39, 0.29) is 19.1 Å². The molecule has 0 spiro atoms. The summed E-state index contributed by atoms with van der Waals surface area (Å²) in [4.78, 5) is 1.10. The summed E-state index contributed by atoms with van der Waals surface area (Å²) in [5.74, 6) is -0.962. The molecule has 1 rings (SSSR count). The SMILES string of the molecule is CN(C)S(=O)(=O)CC(N1CC[C@@H](N)C1)C(F)(F)F. The molecule has 9 heteroatoms. The van der Waals surface area contributed by atoms with Crippen LogP contribution in [0.4, 0.5) is 13.2 Å². The largest absolute Gasteiger partial charge is 0.405 e. The molecule has 1 aliphatic rings. The van der Waals surface area contributed by atoms with Crippen LogP contribution >= 0.6 is 0 Å². The summed E-state index contributed by atoms with van der Waals surface area (Å²) in [5.41, 5.74) is 5.56. The van der Waals surface area contributed by atoms with Gasteiger partial charge in [0.05, 0.1) is 5.75 Å². The summed E-state index contributed by atoms with van der Waals surface area (Å²) < 4.78 is 62.8. The van der Waals surface area contributed by atoms with Crippen molar-refractivity contribution in [1.29, 1.82) is 0 Å². The monoisotopic (exact) mass is 289 g/mol. The molecule has 18 heavy (non-hydrogen) atoms. The topological polar surface area (TPSA) is 66.6 Å². The third kappa shape index (κ3) is 3.81. The van der Waals surface area contributed by atoms with E-state index >= 15 is 0 Å². The molecule has 1 aliphatic heterocycles. The first-order valence-corrected chi connectivity index (χ1v) is 7.11. The average Bonchev–Trinajstić information content (AvgIpc) is 2.59. The van der Waals surface area contributed by atoms with Gasteiger partial charge < -0.3 is 5.73 Å². The second-order valence-corrected chi connectivity index (χ2v) is 6.89. The average molecular weight is 289 g/mol. The summed E-state index contributed by atoms with van der Waals surface area (Å²) >= 11 is 0. The van der Waals surface area contributed by atoms with Crippen LogP contribution in [0.3, 0.4) is 0 Å². The van der Waals surface area contributed by atoms with Gasteiger partial charge in [-0.05, 0) is 6.42 Å². The highest BCUT2D eigenvalue weighted by Gasteiger charge is 2.47. The van der Waals surface area contributed by atoms with Crippen LogP contribution in [0.25, 0.3) is 0 Å². The van der Waals surface area contributed by atoms with Gasteiger partial charge in [-0.15, -0.1) is 0 Å². The molecular formula is C9H18F3N3O2S. The number of hydrogen-bond donors (Lipinski definition) is 1. The van der Waals surface area contributed by atoms with Crippen molar-refractivity contribution in [3.05, 3.63) is 0 Å². The normalized spacial score (nSPS) is 24.7. The van der Waals surface area contributed by atoms with Crippen molar-refractivity contribution in [2.75, 3.05) is 32.9 Å². The molecule has 1 saturated heterocycles. The maximum absolute atomic E-state index is 12.9. The van der Waals surface area contributed by atoms with E-state index < -0.39 is 28.0 Å².